The van der Waals surface area contributed by atoms with Crippen LogP contribution in [0.15, 0.2) is 24.3 Å². The summed E-state index contributed by atoms with van der Waals surface area (Å²) in [5.74, 6) is -1.23. The summed E-state index contributed by atoms with van der Waals surface area (Å²) in [7, 11) is 0. The zero-order valence-electron chi connectivity index (χ0n) is 6.93. The normalized spacial score (nSPS) is 21.6. The molecule has 1 atom stereocenters. The van der Waals surface area contributed by atoms with Crippen molar-refractivity contribution in [2.45, 2.75) is 24.9 Å². The molecule has 0 heterocycles. The van der Waals surface area contributed by atoms with E-state index in [9.17, 15) is 13.2 Å². The van der Waals surface area contributed by atoms with Gasteiger partial charge in [-0.3, -0.25) is 0 Å². The summed E-state index contributed by atoms with van der Waals surface area (Å²) in [5.41, 5.74) is 1.32. The van der Waals surface area contributed by atoms with Crippen molar-refractivity contribution in [3.63, 3.8) is 0 Å². The van der Waals surface area contributed by atoms with E-state index >= 15 is 0 Å². The third-order valence-corrected chi connectivity index (χ3v) is 2.53. The van der Waals surface area contributed by atoms with Gasteiger partial charge < -0.3 is 0 Å². The van der Waals surface area contributed by atoms with E-state index in [2.05, 4.69) is 0 Å². The minimum Gasteiger partial charge on any atom is -0.170 e. The predicted octanol–water partition coefficient (Wildman–Crippen LogP) is 3.28. The highest BCUT2D eigenvalue weighted by molar-refractivity contribution is 5.35. The van der Waals surface area contributed by atoms with Crippen LogP contribution in [0.4, 0.5) is 13.2 Å². The maximum atomic E-state index is 12.4. The van der Waals surface area contributed by atoms with Crippen LogP contribution in [0.1, 0.15) is 23.5 Å². The van der Waals surface area contributed by atoms with E-state index in [1.165, 1.54) is 0 Å². The number of rotatable bonds is 0. The summed E-state index contributed by atoms with van der Waals surface area (Å²) in [5, 5.41) is 0. The molecule has 13 heavy (non-hydrogen) atoms. The molecular weight excluding hydrogens is 177 g/mol. The van der Waals surface area contributed by atoms with Crippen LogP contribution in [0.5, 0.6) is 0 Å². The van der Waals surface area contributed by atoms with Crippen LogP contribution in [0, 0.1) is 0 Å². The van der Waals surface area contributed by atoms with Crippen molar-refractivity contribution >= 4 is 0 Å². The Hall–Kier alpha value is -0.990. The summed E-state index contributed by atoms with van der Waals surface area (Å²) < 4.78 is 37.3. The summed E-state index contributed by atoms with van der Waals surface area (Å²) in [4.78, 5) is 0. The fourth-order valence-corrected chi connectivity index (χ4v) is 1.90. The van der Waals surface area contributed by atoms with Crippen molar-refractivity contribution < 1.29 is 13.2 Å². The number of fused-ring (bicyclic) bond motifs is 1. The molecule has 1 aromatic carbocycles. The fourth-order valence-electron chi connectivity index (χ4n) is 1.90. The van der Waals surface area contributed by atoms with E-state index in [1.54, 1.807) is 24.3 Å². The number of halogens is 3. The minimum absolute atomic E-state index is 0.211. The van der Waals surface area contributed by atoms with Crippen LogP contribution in [0.2, 0.25) is 0 Å². The first kappa shape index (κ1) is 8.60. The largest absolute Gasteiger partial charge is 0.395 e. The summed E-state index contributed by atoms with van der Waals surface area (Å²) in [6.07, 6.45) is -3.31. The van der Waals surface area contributed by atoms with Gasteiger partial charge in [0, 0.05) is 0 Å². The molecule has 1 aliphatic rings. The molecular formula is C10H9F3. The second-order valence-electron chi connectivity index (χ2n) is 3.33. The number of aryl methyl sites for hydroxylation is 1. The molecule has 0 radical (unpaired) electrons. The molecule has 0 spiro atoms. The smallest absolute Gasteiger partial charge is 0.170 e. The van der Waals surface area contributed by atoms with Gasteiger partial charge in [-0.25, -0.2) is 0 Å². The number of benzene rings is 1. The quantitative estimate of drug-likeness (QED) is 0.583. The molecule has 0 amide bonds. The zero-order chi connectivity index (χ0) is 9.47. The molecule has 0 N–H and O–H groups in total. The standard InChI is InChI=1S/C10H9F3/c11-10(12,13)9-6-5-7-3-1-2-4-8(7)9/h1-4,9H,5-6H2/t9-/m0/s1. The van der Waals surface area contributed by atoms with Gasteiger partial charge >= 0.3 is 6.18 Å². The number of hydrogen-bond acceptors (Lipinski definition) is 0. The van der Waals surface area contributed by atoms with Crippen molar-refractivity contribution in [2.75, 3.05) is 0 Å². The van der Waals surface area contributed by atoms with Crippen LogP contribution >= 0.6 is 0 Å². The first-order chi connectivity index (χ1) is 6.09. The van der Waals surface area contributed by atoms with E-state index in [1.807, 2.05) is 0 Å². The second kappa shape index (κ2) is 2.76. The Morgan fingerprint density at radius 2 is 1.85 bits per heavy atom. The second-order valence-corrected chi connectivity index (χ2v) is 3.33. The summed E-state index contributed by atoms with van der Waals surface area (Å²) >= 11 is 0. The molecule has 3 heteroatoms. The van der Waals surface area contributed by atoms with Crippen LogP contribution in [-0.2, 0) is 6.42 Å². The summed E-state index contributed by atoms with van der Waals surface area (Å²) in [6, 6.07) is 6.82. The third-order valence-electron chi connectivity index (χ3n) is 2.53. The van der Waals surface area contributed by atoms with Crippen LogP contribution in [0.25, 0.3) is 0 Å². The maximum absolute atomic E-state index is 12.4. The summed E-state index contributed by atoms with van der Waals surface area (Å²) in [6.45, 7) is 0. The molecule has 0 bridgehead atoms. The van der Waals surface area contributed by atoms with Gasteiger partial charge in [0.1, 0.15) is 0 Å². The zero-order valence-corrected chi connectivity index (χ0v) is 6.93. The average molecular weight is 186 g/mol. The Kier molecular flexibility index (Phi) is 1.82. The third kappa shape index (κ3) is 1.43. The van der Waals surface area contributed by atoms with Crippen molar-refractivity contribution in [2.24, 2.45) is 0 Å². The number of alkyl halides is 3. The lowest BCUT2D eigenvalue weighted by molar-refractivity contribution is -0.149. The average Bonchev–Trinajstić information content (AvgIpc) is 2.45. The van der Waals surface area contributed by atoms with Gasteiger partial charge in [-0.05, 0) is 24.0 Å². The molecule has 0 unspecified atom stereocenters. The molecule has 1 aliphatic carbocycles. The molecule has 0 saturated carbocycles. The van der Waals surface area contributed by atoms with Crippen molar-refractivity contribution in [3.05, 3.63) is 35.4 Å². The maximum Gasteiger partial charge on any atom is 0.395 e. The monoisotopic (exact) mass is 186 g/mol. The molecule has 2 rings (SSSR count). The van der Waals surface area contributed by atoms with Crippen LogP contribution in [0.3, 0.4) is 0 Å². The first-order valence-corrected chi connectivity index (χ1v) is 4.23. The molecule has 0 aliphatic heterocycles. The number of hydrogen-bond donors (Lipinski definition) is 0. The van der Waals surface area contributed by atoms with Gasteiger partial charge in [0.15, 0.2) is 0 Å². The lowest BCUT2D eigenvalue weighted by atomic mass is 10.0. The van der Waals surface area contributed by atoms with Gasteiger partial charge in [-0.1, -0.05) is 24.3 Å². The molecule has 0 nitrogen and oxygen atoms in total. The lowest BCUT2D eigenvalue weighted by Gasteiger charge is -2.15. The van der Waals surface area contributed by atoms with Gasteiger partial charge in [-0.15, -0.1) is 0 Å². The van der Waals surface area contributed by atoms with E-state index < -0.39 is 12.1 Å². The molecule has 0 fully saturated rings. The molecule has 70 valence electrons. The molecule has 0 aromatic heterocycles. The lowest BCUT2D eigenvalue weighted by Crippen LogP contribution is -2.18. The highest BCUT2D eigenvalue weighted by Gasteiger charge is 2.43. The Bertz CT molecular complexity index is 314. The Balaban J connectivity index is 2.39. The van der Waals surface area contributed by atoms with E-state index in [0.29, 0.717) is 12.0 Å². The molecule has 0 saturated heterocycles. The van der Waals surface area contributed by atoms with Gasteiger partial charge in [-0.2, -0.15) is 13.2 Å². The van der Waals surface area contributed by atoms with Crippen LogP contribution in [-0.4, -0.2) is 6.18 Å². The van der Waals surface area contributed by atoms with E-state index in [0.717, 1.165) is 5.56 Å². The first-order valence-electron chi connectivity index (χ1n) is 4.23. The SMILES string of the molecule is FC(F)(F)[C@H]1CCc2ccccc21. The minimum atomic E-state index is -4.08. The van der Waals surface area contributed by atoms with Gasteiger partial charge in [0.25, 0.3) is 0 Å². The Morgan fingerprint density at radius 1 is 1.15 bits per heavy atom. The van der Waals surface area contributed by atoms with Crippen molar-refractivity contribution in [1.82, 2.24) is 0 Å². The van der Waals surface area contributed by atoms with Crippen molar-refractivity contribution in [1.29, 1.82) is 0 Å². The van der Waals surface area contributed by atoms with E-state index in [4.69, 9.17) is 0 Å². The van der Waals surface area contributed by atoms with Crippen LogP contribution < -0.4 is 0 Å². The Morgan fingerprint density at radius 3 is 2.54 bits per heavy atom. The predicted molar refractivity (Wildman–Crippen MR) is 43.6 cm³/mol. The van der Waals surface area contributed by atoms with Gasteiger partial charge in [0.05, 0.1) is 5.92 Å². The van der Waals surface area contributed by atoms with Crippen molar-refractivity contribution in [3.8, 4) is 0 Å². The molecule has 1 aromatic rings. The van der Waals surface area contributed by atoms with Gasteiger partial charge in [0.2, 0.25) is 0 Å². The topological polar surface area (TPSA) is 0 Å². The van der Waals surface area contributed by atoms with E-state index in [-0.39, 0.29) is 6.42 Å². The Labute approximate surface area is 74.4 Å². The highest BCUT2D eigenvalue weighted by atomic mass is 19.4. The highest BCUT2D eigenvalue weighted by Crippen LogP contribution is 2.43. The fraction of sp³-hybridized carbons (Fsp3) is 0.400.